The molecule has 4 N–H and O–H groups in total. The summed E-state index contributed by atoms with van der Waals surface area (Å²) in [6.45, 7) is -1.56. The van der Waals surface area contributed by atoms with Crippen LogP contribution in [-0.2, 0) is 17.1 Å². The van der Waals surface area contributed by atoms with Gasteiger partial charge in [-0.3, -0.25) is 4.68 Å². The van der Waals surface area contributed by atoms with E-state index in [9.17, 15) is 21.6 Å². The maximum Gasteiger partial charge on any atom is 0.422 e. The van der Waals surface area contributed by atoms with Gasteiger partial charge in [0.2, 0.25) is 10.0 Å². The van der Waals surface area contributed by atoms with Crippen LogP contribution in [0.15, 0.2) is 35.4 Å². The van der Waals surface area contributed by atoms with Crippen molar-refractivity contribution in [3.63, 3.8) is 0 Å². The summed E-state index contributed by atoms with van der Waals surface area (Å²) in [5.74, 6) is 0. The first kappa shape index (κ1) is 20.0. The van der Waals surface area contributed by atoms with Crippen molar-refractivity contribution in [2.75, 3.05) is 6.61 Å². The molecule has 0 amide bonds. The van der Waals surface area contributed by atoms with Gasteiger partial charge < -0.3 is 10.5 Å². The first-order valence-electron chi connectivity index (χ1n) is 7.73. The van der Waals surface area contributed by atoms with Crippen LogP contribution < -0.4 is 15.6 Å². The zero-order valence-electron chi connectivity index (χ0n) is 14.4. The summed E-state index contributed by atoms with van der Waals surface area (Å²) < 4.78 is 66.1. The van der Waals surface area contributed by atoms with E-state index < -0.39 is 34.9 Å². The molecule has 0 aliphatic rings. The number of fused-ring (bicyclic) bond motifs is 1. The van der Waals surface area contributed by atoms with E-state index in [0.717, 1.165) is 0 Å². The highest BCUT2D eigenvalue weighted by Gasteiger charge is 2.29. The van der Waals surface area contributed by atoms with Crippen molar-refractivity contribution in [1.82, 2.24) is 19.7 Å². The summed E-state index contributed by atoms with van der Waals surface area (Å²) >= 11 is 0. The van der Waals surface area contributed by atoms with Gasteiger partial charge in [-0.15, -0.1) is 0 Å². The van der Waals surface area contributed by atoms with Gasteiger partial charge in [0.05, 0.1) is 28.2 Å². The number of hydrogen-bond acceptors (Lipinski definition) is 7. The van der Waals surface area contributed by atoms with Gasteiger partial charge in [0.1, 0.15) is 0 Å². The number of ether oxygens (including phenoxy) is 1. The number of sulfonamides is 1. The van der Waals surface area contributed by atoms with Crippen LogP contribution in [0.5, 0.6) is 6.01 Å². The molecule has 13 heteroatoms. The highest BCUT2D eigenvalue weighted by Crippen LogP contribution is 2.27. The Morgan fingerprint density at radius 3 is 2.43 bits per heavy atom. The minimum atomic E-state index is -4.56. The molecule has 9 nitrogen and oxygen atoms in total. The molecule has 0 fully saturated rings. The second kappa shape index (κ2) is 7.00. The summed E-state index contributed by atoms with van der Waals surface area (Å²) in [4.78, 5) is 7.84. The number of aryl methyl sites for hydroxylation is 1. The number of nitrogens with two attached hydrogens (primary N) is 2. The van der Waals surface area contributed by atoms with Crippen molar-refractivity contribution in [2.45, 2.75) is 17.1 Å². The van der Waals surface area contributed by atoms with Crippen molar-refractivity contribution >= 4 is 21.1 Å². The van der Waals surface area contributed by atoms with Crippen molar-refractivity contribution in [3.05, 3.63) is 41.7 Å². The van der Waals surface area contributed by atoms with Gasteiger partial charge in [-0.05, 0) is 17.7 Å². The molecular weight excluding hydrogens is 401 g/mol. The molecule has 0 bridgehead atoms. The Hall–Kier alpha value is -2.77. The largest absolute Gasteiger partial charge is 0.454 e. The number of aromatic nitrogens is 4. The molecule has 0 aliphatic heterocycles. The molecule has 0 radical (unpaired) electrons. The fraction of sp³-hybridized carbons (Fsp3) is 0.267. The van der Waals surface area contributed by atoms with E-state index in [1.54, 1.807) is 7.05 Å². The quantitative estimate of drug-likeness (QED) is 0.632. The SMILES string of the molecule is Cn1ncc2c(C(N)c3ccc(S(N)(=O)=O)cc3)nc(OCC(F)(F)F)nc21. The van der Waals surface area contributed by atoms with Gasteiger partial charge in [0.15, 0.2) is 12.3 Å². The number of alkyl halides is 3. The lowest BCUT2D eigenvalue weighted by molar-refractivity contribution is -0.154. The summed E-state index contributed by atoms with van der Waals surface area (Å²) in [7, 11) is -2.32. The highest BCUT2D eigenvalue weighted by molar-refractivity contribution is 7.89. The molecule has 0 saturated heterocycles. The number of rotatable bonds is 5. The number of nitrogens with zero attached hydrogens (tertiary/aromatic N) is 4. The maximum atomic E-state index is 12.5. The highest BCUT2D eigenvalue weighted by atomic mass is 32.2. The first-order valence-corrected chi connectivity index (χ1v) is 9.28. The average molecular weight is 416 g/mol. The number of halogens is 3. The smallest absolute Gasteiger partial charge is 0.422 e. The van der Waals surface area contributed by atoms with E-state index in [1.165, 1.54) is 35.1 Å². The third-order valence-electron chi connectivity index (χ3n) is 3.83. The molecule has 1 unspecified atom stereocenters. The van der Waals surface area contributed by atoms with E-state index in [4.69, 9.17) is 10.9 Å². The lowest BCUT2D eigenvalue weighted by Gasteiger charge is -2.15. The van der Waals surface area contributed by atoms with Gasteiger partial charge in [-0.1, -0.05) is 12.1 Å². The van der Waals surface area contributed by atoms with Gasteiger partial charge in [-0.2, -0.15) is 28.2 Å². The Balaban J connectivity index is 2.03. The number of hydrogen-bond donors (Lipinski definition) is 2. The normalized spacial score (nSPS) is 13.6. The molecular formula is C15H15F3N6O3S. The fourth-order valence-electron chi connectivity index (χ4n) is 2.49. The third-order valence-corrected chi connectivity index (χ3v) is 4.76. The molecule has 1 aromatic carbocycles. The predicted octanol–water partition coefficient (Wildman–Crippen LogP) is 1.000. The van der Waals surface area contributed by atoms with Crippen molar-refractivity contribution in [2.24, 2.45) is 17.9 Å². The van der Waals surface area contributed by atoms with Crippen molar-refractivity contribution in [3.8, 4) is 6.01 Å². The van der Waals surface area contributed by atoms with E-state index in [1.807, 2.05) is 0 Å². The van der Waals surface area contributed by atoms with Gasteiger partial charge >= 0.3 is 12.2 Å². The monoisotopic (exact) mass is 416 g/mol. The topological polar surface area (TPSA) is 139 Å². The van der Waals surface area contributed by atoms with Crippen molar-refractivity contribution < 1.29 is 26.3 Å². The second-order valence-electron chi connectivity index (χ2n) is 5.89. The zero-order valence-corrected chi connectivity index (χ0v) is 15.2. The maximum absolute atomic E-state index is 12.5. The predicted molar refractivity (Wildman–Crippen MR) is 91.7 cm³/mol. The molecule has 0 spiro atoms. The molecule has 150 valence electrons. The van der Waals surface area contributed by atoms with Crippen LogP contribution in [0, 0.1) is 0 Å². The van der Waals surface area contributed by atoms with Crippen LogP contribution in [0.2, 0.25) is 0 Å². The molecule has 0 aliphatic carbocycles. The van der Waals surface area contributed by atoms with Gasteiger partial charge in [0.25, 0.3) is 0 Å². The Kier molecular flexibility index (Phi) is 4.99. The molecule has 0 saturated carbocycles. The van der Waals surface area contributed by atoms with Crippen LogP contribution in [-0.4, -0.2) is 40.9 Å². The standard InChI is InChI=1S/C15H15F3N6O3S/c1-24-13-10(6-21-24)12(22-14(23-13)27-7-15(16,17)18)11(19)8-2-4-9(5-3-8)28(20,25)26/h2-6,11H,7,19H2,1H3,(H2,20,25,26). The second-order valence-corrected chi connectivity index (χ2v) is 7.45. The summed E-state index contributed by atoms with van der Waals surface area (Å²) in [5.41, 5.74) is 7.09. The van der Waals surface area contributed by atoms with E-state index in [-0.39, 0.29) is 16.2 Å². The third kappa shape index (κ3) is 4.21. The lowest BCUT2D eigenvalue weighted by Crippen LogP contribution is -2.21. The fourth-order valence-corrected chi connectivity index (χ4v) is 3.01. The van der Waals surface area contributed by atoms with E-state index in [0.29, 0.717) is 10.9 Å². The average Bonchev–Trinajstić information content (AvgIpc) is 2.99. The van der Waals surface area contributed by atoms with Gasteiger partial charge in [-0.25, -0.2) is 13.6 Å². The van der Waals surface area contributed by atoms with E-state index in [2.05, 4.69) is 19.8 Å². The number of benzene rings is 1. The Bertz CT molecular complexity index is 1110. The first-order chi connectivity index (χ1) is 13.0. The summed E-state index contributed by atoms with van der Waals surface area (Å²) in [6, 6.07) is 4.01. The Morgan fingerprint density at radius 1 is 1.21 bits per heavy atom. The Morgan fingerprint density at radius 2 is 1.86 bits per heavy atom. The molecule has 2 aromatic heterocycles. The van der Waals surface area contributed by atoms with Crippen molar-refractivity contribution in [1.29, 1.82) is 0 Å². The Labute approximate surface area is 157 Å². The molecule has 2 heterocycles. The molecule has 3 rings (SSSR count). The van der Waals surface area contributed by atoms with Crippen LogP contribution in [0.25, 0.3) is 11.0 Å². The van der Waals surface area contributed by atoms with Gasteiger partial charge in [0, 0.05) is 7.05 Å². The van der Waals surface area contributed by atoms with Crippen LogP contribution in [0.4, 0.5) is 13.2 Å². The summed E-state index contributed by atoms with van der Waals surface area (Å²) in [5, 5.41) is 9.50. The van der Waals surface area contributed by atoms with Crippen LogP contribution >= 0.6 is 0 Å². The molecule has 3 aromatic rings. The minimum Gasteiger partial charge on any atom is -0.454 e. The molecule has 28 heavy (non-hydrogen) atoms. The summed E-state index contributed by atoms with van der Waals surface area (Å²) in [6.07, 6.45) is -3.13. The zero-order chi connectivity index (χ0) is 20.7. The minimum absolute atomic E-state index is 0.105. The van der Waals surface area contributed by atoms with Crippen LogP contribution in [0.3, 0.4) is 0 Å². The molecule has 1 atom stereocenters. The number of primary sulfonamides is 1. The lowest BCUT2D eigenvalue weighted by atomic mass is 10.0. The van der Waals surface area contributed by atoms with Crippen LogP contribution in [0.1, 0.15) is 17.3 Å². The van der Waals surface area contributed by atoms with E-state index >= 15 is 0 Å².